The maximum Gasteiger partial charge on any atom is 0.233 e. The molecule has 1 amide bonds. The highest BCUT2D eigenvalue weighted by Gasteiger charge is 2.21. The number of carbonyl (C=O) groups excluding carboxylic acids is 1. The number of aromatic nitrogens is 2. The Morgan fingerprint density at radius 1 is 1.15 bits per heavy atom. The number of thioether (sulfide) groups is 1. The van der Waals surface area contributed by atoms with Gasteiger partial charge in [-0.25, -0.2) is 9.97 Å². The van der Waals surface area contributed by atoms with Gasteiger partial charge in [-0.05, 0) is 25.1 Å². The molecule has 0 saturated carbocycles. The second-order valence-electron chi connectivity index (χ2n) is 6.15. The van der Waals surface area contributed by atoms with E-state index in [1.54, 1.807) is 6.20 Å². The van der Waals surface area contributed by atoms with Gasteiger partial charge in [0, 0.05) is 44.6 Å². The Labute approximate surface area is 158 Å². The summed E-state index contributed by atoms with van der Waals surface area (Å²) in [5, 5.41) is 0.662. The molecule has 0 radical (unpaired) electrons. The Morgan fingerprint density at radius 3 is 2.65 bits per heavy atom. The van der Waals surface area contributed by atoms with E-state index < -0.39 is 0 Å². The average molecular weight is 372 g/mol. The van der Waals surface area contributed by atoms with Gasteiger partial charge in [0.05, 0.1) is 5.75 Å². The summed E-state index contributed by atoms with van der Waals surface area (Å²) in [7, 11) is 0. The normalized spacial score (nSPS) is 15.0. The van der Waals surface area contributed by atoms with Crippen molar-refractivity contribution in [1.82, 2.24) is 19.8 Å². The molecular formula is C19H24N4O2S. The van der Waals surface area contributed by atoms with Gasteiger partial charge < -0.3 is 9.64 Å². The third-order valence-electron chi connectivity index (χ3n) is 4.24. The minimum Gasteiger partial charge on any atom is -0.492 e. The van der Waals surface area contributed by atoms with Crippen molar-refractivity contribution in [2.24, 2.45) is 0 Å². The molecule has 1 fully saturated rings. The molecule has 0 bridgehead atoms. The first-order valence-electron chi connectivity index (χ1n) is 8.81. The van der Waals surface area contributed by atoms with Crippen molar-refractivity contribution in [3.63, 3.8) is 0 Å². The second kappa shape index (κ2) is 9.54. The number of aryl methyl sites for hydroxylation is 1. The van der Waals surface area contributed by atoms with Gasteiger partial charge in [-0.3, -0.25) is 9.69 Å². The van der Waals surface area contributed by atoms with Crippen LogP contribution in [0.25, 0.3) is 0 Å². The number of carbonyl (C=O) groups is 1. The molecular weight excluding hydrogens is 348 g/mol. The van der Waals surface area contributed by atoms with Crippen LogP contribution in [0.3, 0.4) is 0 Å². The molecule has 1 aliphatic heterocycles. The second-order valence-corrected chi connectivity index (χ2v) is 7.10. The molecule has 0 unspecified atom stereocenters. The lowest BCUT2D eigenvalue weighted by Gasteiger charge is -2.34. The number of ether oxygens (including phenoxy) is 1. The van der Waals surface area contributed by atoms with E-state index in [0.29, 0.717) is 17.5 Å². The summed E-state index contributed by atoms with van der Waals surface area (Å²) in [6.07, 6.45) is 1.73. The molecule has 6 nitrogen and oxygen atoms in total. The van der Waals surface area contributed by atoms with Gasteiger partial charge in [0.1, 0.15) is 12.4 Å². The molecule has 2 aromatic rings. The summed E-state index contributed by atoms with van der Waals surface area (Å²) >= 11 is 1.40. The van der Waals surface area contributed by atoms with Crippen molar-refractivity contribution in [3.05, 3.63) is 48.3 Å². The Bertz CT molecular complexity index is 706. The van der Waals surface area contributed by atoms with Crippen LogP contribution in [0.1, 0.15) is 5.69 Å². The summed E-state index contributed by atoms with van der Waals surface area (Å²) in [5.41, 5.74) is 0.918. The number of para-hydroxylation sites is 1. The molecule has 138 valence electrons. The molecule has 1 aromatic carbocycles. The van der Waals surface area contributed by atoms with Crippen molar-refractivity contribution in [2.45, 2.75) is 12.1 Å². The van der Waals surface area contributed by atoms with Crippen molar-refractivity contribution in [1.29, 1.82) is 0 Å². The first-order chi connectivity index (χ1) is 12.7. The average Bonchev–Trinajstić information content (AvgIpc) is 2.68. The summed E-state index contributed by atoms with van der Waals surface area (Å²) < 4.78 is 5.74. The van der Waals surface area contributed by atoms with E-state index in [1.807, 2.05) is 48.2 Å². The maximum absolute atomic E-state index is 12.4. The van der Waals surface area contributed by atoms with Crippen LogP contribution >= 0.6 is 11.8 Å². The van der Waals surface area contributed by atoms with Gasteiger partial charge in [0.25, 0.3) is 0 Å². The minimum atomic E-state index is 0.153. The van der Waals surface area contributed by atoms with E-state index in [9.17, 15) is 4.79 Å². The molecule has 0 atom stereocenters. The third kappa shape index (κ3) is 5.71. The number of piperazine rings is 1. The molecule has 1 aliphatic rings. The summed E-state index contributed by atoms with van der Waals surface area (Å²) in [6, 6.07) is 11.7. The van der Waals surface area contributed by atoms with Crippen LogP contribution < -0.4 is 4.74 Å². The van der Waals surface area contributed by atoms with Gasteiger partial charge in [-0.1, -0.05) is 30.0 Å². The van der Waals surface area contributed by atoms with Crippen LogP contribution in [0.5, 0.6) is 5.75 Å². The quantitative estimate of drug-likeness (QED) is 0.548. The monoisotopic (exact) mass is 372 g/mol. The van der Waals surface area contributed by atoms with Crippen LogP contribution in [-0.4, -0.2) is 70.8 Å². The third-order valence-corrected chi connectivity index (χ3v) is 5.09. The molecule has 7 heteroatoms. The standard InChI is InChI=1S/C19H24N4O2S/c1-16-7-8-20-19(21-16)26-15-18(24)23-11-9-22(10-12-23)13-14-25-17-5-3-2-4-6-17/h2-8H,9-15H2,1H3. The number of nitrogens with zero attached hydrogens (tertiary/aromatic N) is 4. The molecule has 1 aromatic heterocycles. The van der Waals surface area contributed by atoms with Crippen molar-refractivity contribution in [2.75, 3.05) is 45.1 Å². The lowest BCUT2D eigenvalue weighted by molar-refractivity contribution is -0.130. The van der Waals surface area contributed by atoms with Crippen LogP contribution in [0.15, 0.2) is 47.8 Å². The van der Waals surface area contributed by atoms with Gasteiger partial charge in [-0.15, -0.1) is 0 Å². The smallest absolute Gasteiger partial charge is 0.233 e. The van der Waals surface area contributed by atoms with E-state index in [1.165, 1.54) is 11.8 Å². The van der Waals surface area contributed by atoms with Gasteiger partial charge in [0.2, 0.25) is 5.91 Å². The number of hydrogen-bond donors (Lipinski definition) is 0. The highest BCUT2D eigenvalue weighted by Crippen LogP contribution is 2.14. The van der Waals surface area contributed by atoms with Crippen LogP contribution in [0, 0.1) is 6.92 Å². The van der Waals surface area contributed by atoms with Crippen LogP contribution in [-0.2, 0) is 4.79 Å². The zero-order valence-corrected chi connectivity index (χ0v) is 15.8. The fourth-order valence-electron chi connectivity index (χ4n) is 2.74. The number of hydrogen-bond acceptors (Lipinski definition) is 6. The molecule has 0 N–H and O–H groups in total. The lowest BCUT2D eigenvalue weighted by Crippen LogP contribution is -2.50. The van der Waals surface area contributed by atoms with Gasteiger partial charge >= 0.3 is 0 Å². The first kappa shape index (κ1) is 18.7. The molecule has 0 spiro atoms. The number of amides is 1. The van der Waals surface area contributed by atoms with E-state index in [2.05, 4.69) is 14.9 Å². The Balaban J connectivity index is 1.34. The summed E-state index contributed by atoms with van der Waals surface area (Å²) in [6.45, 7) is 6.76. The SMILES string of the molecule is Cc1ccnc(SCC(=O)N2CCN(CCOc3ccccc3)CC2)n1. The Hall–Kier alpha value is -2.12. The minimum absolute atomic E-state index is 0.153. The van der Waals surface area contributed by atoms with Crippen LogP contribution in [0.4, 0.5) is 0 Å². The fraction of sp³-hybridized carbons (Fsp3) is 0.421. The predicted molar refractivity (Wildman–Crippen MR) is 102 cm³/mol. The van der Waals surface area contributed by atoms with Gasteiger partial charge in [-0.2, -0.15) is 0 Å². The van der Waals surface area contributed by atoms with E-state index in [0.717, 1.165) is 44.2 Å². The lowest BCUT2D eigenvalue weighted by atomic mass is 10.3. The maximum atomic E-state index is 12.4. The first-order valence-corrected chi connectivity index (χ1v) is 9.80. The highest BCUT2D eigenvalue weighted by atomic mass is 32.2. The molecule has 2 heterocycles. The van der Waals surface area contributed by atoms with Crippen LogP contribution in [0.2, 0.25) is 0 Å². The topological polar surface area (TPSA) is 58.6 Å². The number of rotatable bonds is 7. The zero-order chi connectivity index (χ0) is 18.2. The molecule has 26 heavy (non-hydrogen) atoms. The zero-order valence-electron chi connectivity index (χ0n) is 15.0. The largest absolute Gasteiger partial charge is 0.492 e. The molecule has 0 aliphatic carbocycles. The van der Waals surface area contributed by atoms with E-state index in [-0.39, 0.29) is 5.91 Å². The van der Waals surface area contributed by atoms with Crippen molar-refractivity contribution in [3.8, 4) is 5.75 Å². The number of benzene rings is 1. The Morgan fingerprint density at radius 2 is 1.92 bits per heavy atom. The van der Waals surface area contributed by atoms with Crippen molar-refractivity contribution >= 4 is 17.7 Å². The van der Waals surface area contributed by atoms with Crippen molar-refractivity contribution < 1.29 is 9.53 Å². The fourth-order valence-corrected chi connectivity index (χ4v) is 3.52. The Kier molecular flexibility index (Phi) is 6.85. The summed E-state index contributed by atoms with van der Waals surface area (Å²) in [4.78, 5) is 25.1. The predicted octanol–water partition coefficient (Wildman–Crippen LogP) is 2.10. The molecule has 1 saturated heterocycles. The highest BCUT2D eigenvalue weighted by molar-refractivity contribution is 7.99. The van der Waals surface area contributed by atoms with E-state index >= 15 is 0 Å². The van der Waals surface area contributed by atoms with E-state index in [4.69, 9.17) is 4.74 Å². The van der Waals surface area contributed by atoms with Gasteiger partial charge in [0.15, 0.2) is 5.16 Å². The summed E-state index contributed by atoms with van der Waals surface area (Å²) in [5.74, 6) is 1.44. The molecule has 3 rings (SSSR count).